The molecule has 0 saturated carbocycles. The maximum atomic E-state index is 11.6. The molecule has 0 atom stereocenters. The van der Waals surface area contributed by atoms with Crippen LogP contribution in [0.5, 0.6) is 11.6 Å². The van der Waals surface area contributed by atoms with Crippen molar-refractivity contribution in [2.45, 2.75) is 26.3 Å². The number of hydrogen-bond donors (Lipinski definition) is 2. The fraction of sp³-hybridized carbons (Fsp3) is 0.194. The first-order valence-corrected chi connectivity index (χ1v) is 13.1. The van der Waals surface area contributed by atoms with Gasteiger partial charge in [-0.3, -0.25) is 4.68 Å². The summed E-state index contributed by atoms with van der Waals surface area (Å²) >= 11 is 0. The molecular weight excluding hydrogens is 506 g/mol. The molecule has 9 heteroatoms. The number of aromatic nitrogens is 5. The lowest BCUT2D eigenvalue weighted by atomic mass is 9.98. The van der Waals surface area contributed by atoms with E-state index >= 15 is 0 Å². The summed E-state index contributed by atoms with van der Waals surface area (Å²) in [5.41, 5.74) is 5.45. The van der Waals surface area contributed by atoms with Gasteiger partial charge >= 0.3 is 6.16 Å². The molecule has 9 nitrogen and oxygen atoms in total. The maximum absolute atomic E-state index is 11.6. The molecule has 6 aromatic rings. The van der Waals surface area contributed by atoms with Crippen LogP contribution in [-0.4, -0.2) is 42.2 Å². The highest BCUT2D eigenvalue weighted by Gasteiger charge is 2.22. The van der Waals surface area contributed by atoms with Gasteiger partial charge in [-0.2, -0.15) is 5.10 Å². The molecule has 6 rings (SSSR count). The number of fused-ring (bicyclic) bond motifs is 2. The van der Waals surface area contributed by atoms with Crippen LogP contribution in [0.1, 0.15) is 23.4 Å². The monoisotopic (exact) mass is 535 g/mol. The van der Waals surface area contributed by atoms with Crippen LogP contribution in [0.3, 0.4) is 0 Å². The smallest absolute Gasteiger partial charge is 0.493 e. The van der Waals surface area contributed by atoms with Gasteiger partial charge in [-0.25, -0.2) is 9.78 Å². The van der Waals surface area contributed by atoms with Gasteiger partial charge in [0.15, 0.2) is 0 Å². The van der Waals surface area contributed by atoms with Gasteiger partial charge in [-0.1, -0.05) is 54.6 Å². The van der Waals surface area contributed by atoms with E-state index in [0.717, 1.165) is 55.5 Å². The maximum Gasteiger partial charge on any atom is 0.512 e. The average molecular weight is 536 g/mol. The first kappa shape index (κ1) is 25.2. The Bertz CT molecular complexity index is 1810. The molecule has 40 heavy (non-hydrogen) atoms. The molecule has 3 aromatic carbocycles. The van der Waals surface area contributed by atoms with Crippen molar-refractivity contribution in [3.8, 4) is 22.8 Å². The summed E-state index contributed by atoms with van der Waals surface area (Å²) in [7, 11) is 1.92. The van der Waals surface area contributed by atoms with Crippen LogP contribution in [0.25, 0.3) is 32.8 Å². The first-order chi connectivity index (χ1) is 19.5. The molecule has 0 aliphatic rings. The van der Waals surface area contributed by atoms with Gasteiger partial charge in [0.05, 0.1) is 30.7 Å². The van der Waals surface area contributed by atoms with E-state index in [2.05, 4.69) is 22.1 Å². The number of imidazole rings is 1. The number of rotatable bonds is 9. The van der Waals surface area contributed by atoms with E-state index in [1.807, 2.05) is 77.9 Å². The van der Waals surface area contributed by atoms with Crippen LogP contribution >= 0.6 is 0 Å². The van der Waals surface area contributed by atoms with Gasteiger partial charge in [0.1, 0.15) is 5.75 Å². The highest BCUT2D eigenvalue weighted by Crippen LogP contribution is 2.38. The van der Waals surface area contributed by atoms with Crippen LogP contribution < -0.4 is 9.47 Å². The number of nitrogens with zero attached hydrogens (tertiary/aromatic N) is 4. The molecule has 0 fully saturated rings. The SMILES string of the molecule is Cc1c(-c2cccc3c(CCCOc4cccc5ccccc45)c(OC(=O)O)[nH]c23)c(Cn2ccnc2)nn1C. The largest absolute Gasteiger partial charge is 0.512 e. The van der Waals surface area contributed by atoms with E-state index in [0.29, 0.717) is 26.0 Å². The van der Waals surface area contributed by atoms with Gasteiger partial charge in [-0.05, 0) is 31.2 Å². The molecular formula is C31H29N5O4. The average Bonchev–Trinajstić information content (AvgIpc) is 3.65. The van der Waals surface area contributed by atoms with Crippen molar-refractivity contribution in [3.05, 3.63) is 96.3 Å². The summed E-state index contributed by atoms with van der Waals surface area (Å²) in [5.74, 6) is 1.07. The Hall–Kier alpha value is -5.05. The van der Waals surface area contributed by atoms with Gasteiger partial charge in [-0.15, -0.1) is 0 Å². The Labute approximate surface area is 230 Å². The minimum Gasteiger partial charge on any atom is -0.493 e. The predicted molar refractivity (Wildman–Crippen MR) is 153 cm³/mol. The standard InChI is InChI=1S/C31H29N5O4/c1-20-28(26(34-35(20)2)18-36-16-15-32-19-36)25-12-6-11-23-24(30(33-29(23)25)40-31(37)38)13-7-17-39-27-14-5-9-21-8-3-4-10-22(21)27/h3-6,8-12,14-16,19,33H,7,13,17-18H2,1-2H3,(H,37,38). The lowest BCUT2D eigenvalue weighted by Gasteiger charge is -2.10. The second-order valence-electron chi connectivity index (χ2n) is 9.72. The molecule has 3 aromatic heterocycles. The van der Waals surface area contributed by atoms with Crippen molar-refractivity contribution in [1.82, 2.24) is 24.3 Å². The lowest BCUT2D eigenvalue weighted by molar-refractivity contribution is 0.142. The van der Waals surface area contributed by atoms with Crippen molar-refractivity contribution in [2.75, 3.05) is 6.61 Å². The molecule has 0 aliphatic carbocycles. The molecule has 202 valence electrons. The van der Waals surface area contributed by atoms with E-state index in [1.165, 1.54) is 0 Å². The summed E-state index contributed by atoms with van der Waals surface area (Å²) in [4.78, 5) is 19.0. The second kappa shape index (κ2) is 10.6. The molecule has 0 saturated heterocycles. The highest BCUT2D eigenvalue weighted by molar-refractivity contribution is 5.99. The zero-order valence-electron chi connectivity index (χ0n) is 22.3. The fourth-order valence-corrected chi connectivity index (χ4v) is 5.32. The number of aromatic amines is 1. The fourth-order valence-electron chi connectivity index (χ4n) is 5.32. The molecule has 3 heterocycles. The molecule has 0 bridgehead atoms. The normalized spacial score (nSPS) is 11.3. The highest BCUT2D eigenvalue weighted by atomic mass is 16.7. The number of nitrogens with one attached hydrogen (secondary N) is 1. The first-order valence-electron chi connectivity index (χ1n) is 13.1. The van der Waals surface area contributed by atoms with Crippen molar-refractivity contribution >= 4 is 27.8 Å². The Morgan fingerprint density at radius 3 is 2.67 bits per heavy atom. The Kier molecular flexibility index (Phi) is 6.69. The van der Waals surface area contributed by atoms with Crippen molar-refractivity contribution in [2.24, 2.45) is 7.05 Å². The minimum absolute atomic E-state index is 0.234. The Morgan fingerprint density at radius 1 is 1.05 bits per heavy atom. The third-order valence-electron chi connectivity index (χ3n) is 7.24. The quantitative estimate of drug-likeness (QED) is 0.165. The summed E-state index contributed by atoms with van der Waals surface area (Å²) < 4.78 is 15.2. The van der Waals surface area contributed by atoms with Crippen LogP contribution in [0.15, 0.2) is 79.4 Å². The summed E-state index contributed by atoms with van der Waals surface area (Å²) in [5, 5.41) is 17.3. The topological polar surface area (TPSA) is 107 Å². The number of para-hydroxylation sites is 1. The summed E-state index contributed by atoms with van der Waals surface area (Å²) in [6.07, 6.45) is 5.30. The van der Waals surface area contributed by atoms with E-state index < -0.39 is 6.16 Å². The second-order valence-corrected chi connectivity index (χ2v) is 9.72. The third kappa shape index (κ3) is 4.77. The number of benzene rings is 3. The van der Waals surface area contributed by atoms with E-state index in [4.69, 9.17) is 14.6 Å². The summed E-state index contributed by atoms with van der Waals surface area (Å²) in [6.45, 7) is 3.07. The molecule has 0 aliphatic heterocycles. The minimum atomic E-state index is -1.36. The number of H-pyrrole nitrogens is 1. The van der Waals surface area contributed by atoms with Crippen molar-refractivity contribution in [1.29, 1.82) is 0 Å². The van der Waals surface area contributed by atoms with Gasteiger partial charge in [0.25, 0.3) is 0 Å². The number of aryl methyl sites for hydroxylation is 2. The number of carbonyl (C=O) groups is 1. The number of carboxylic acid groups (broad SMARTS) is 1. The molecule has 0 spiro atoms. The van der Waals surface area contributed by atoms with E-state index in [9.17, 15) is 9.90 Å². The van der Waals surface area contributed by atoms with Crippen LogP contribution in [-0.2, 0) is 20.0 Å². The number of hydrogen-bond acceptors (Lipinski definition) is 5. The van der Waals surface area contributed by atoms with E-state index in [1.54, 1.807) is 12.5 Å². The van der Waals surface area contributed by atoms with Crippen LogP contribution in [0.2, 0.25) is 0 Å². The Balaban J connectivity index is 1.32. The lowest BCUT2D eigenvalue weighted by Crippen LogP contribution is -2.06. The zero-order chi connectivity index (χ0) is 27.6. The molecule has 0 unspecified atom stereocenters. The molecule has 0 amide bonds. The molecule has 2 N–H and O–H groups in total. The Morgan fingerprint density at radius 2 is 1.85 bits per heavy atom. The number of ether oxygens (including phenoxy) is 2. The van der Waals surface area contributed by atoms with Crippen LogP contribution in [0, 0.1) is 6.92 Å². The van der Waals surface area contributed by atoms with Gasteiger partial charge < -0.3 is 24.1 Å². The van der Waals surface area contributed by atoms with Crippen molar-refractivity contribution in [3.63, 3.8) is 0 Å². The van der Waals surface area contributed by atoms with Crippen LogP contribution in [0.4, 0.5) is 4.79 Å². The third-order valence-corrected chi connectivity index (χ3v) is 7.24. The van der Waals surface area contributed by atoms with Gasteiger partial charge in [0.2, 0.25) is 5.88 Å². The van der Waals surface area contributed by atoms with E-state index in [-0.39, 0.29) is 5.88 Å². The molecule has 0 radical (unpaired) electrons. The zero-order valence-corrected chi connectivity index (χ0v) is 22.3. The predicted octanol–water partition coefficient (Wildman–Crippen LogP) is 6.34. The van der Waals surface area contributed by atoms with Gasteiger partial charge in [0, 0.05) is 52.6 Å². The summed E-state index contributed by atoms with van der Waals surface area (Å²) in [6, 6.07) is 20.1. The van der Waals surface area contributed by atoms with Crippen molar-refractivity contribution < 1.29 is 19.4 Å².